The van der Waals surface area contributed by atoms with Crippen LogP contribution in [0.25, 0.3) is 5.69 Å². The molecule has 2 amide bonds. The van der Waals surface area contributed by atoms with Crippen LogP contribution < -0.4 is 10.6 Å². The number of para-hydroxylation sites is 1. The molecule has 27 heavy (non-hydrogen) atoms. The first kappa shape index (κ1) is 18.3. The zero-order valence-electron chi connectivity index (χ0n) is 14.8. The van der Waals surface area contributed by atoms with Gasteiger partial charge < -0.3 is 10.6 Å². The Morgan fingerprint density at radius 3 is 2.44 bits per heavy atom. The van der Waals surface area contributed by atoms with Gasteiger partial charge in [-0.05, 0) is 29.8 Å². The van der Waals surface area contributed by atoms with E-state index < -0.39 is 0 Å². The maximum absolute atomic E-state index is 13.0. The minimum absolute atomic E-state index is 0.122. The Morgan fingerprint density at radius 1 is 1.00 bits per heavy atom. The molecule has 3 rings (SSSR count). The van der Waals surface area contributed by atoms with E-state index in [-0.39, 0.29) is 17.6 Å². The highest BCUT2D eigenvalue weighted by Crippen LogP contribution is 2.15. The van der Waals surface area contributed by atoms with Crippen molar-refractivity contribution in [1.29, 1.82) is 0 Å². The number of carbonyl (C=O) groups is 2. The molecule has 0 saturated carbocycles. The molecule has 0 aliphatic carbocycles. The first-order valence-electron chi connectivity index (χ1n) is 8.43. The minimum atomic E-state index is -0.316. The smallest absolute Gasteiger partial charge is 0.253 e. The second kappa shape index (κ2) is 8.27. The summed E-state index contributed by atoms with van der Waals surface area (Å²) in [5.41, 5.74) is 2.72. The van der Waals surface area contributed by atoms with Gasteiger partial charge in [0.05, 0.1) is 17.4 Å². The molecule has 2 N–H and O–H groups in total. The summed E-state index contributed by atoms with van der Waals surface area (Å²) in [6, 6.07) is 13.1. The molecular formula is C20H19FN4O2. The van der Waals surface area contributed by atoms with Crippen LogP contribution in [0.5, 0.6) is 0 Å². The Kier molecular flexibility index (Phi) is 5.61. The Hall–Kier alpha value is -3.48. The van der Waals surface area contributed by atoms with Crippen LogP contribution in [0.15, 0.2) is 60.9 Å². The van der Waals surface area contributed by atoms with Gasteiger partial charge in [0.1, 0.15) is 5.82 Å². The van der Waals surface area contributed by atoms with Crippen LogP contribution in [-0.2, 0) is 17.9 Å². The second-order valence-corrected chi connectivity index (χ2v) is 6.03. The van der Waals surface area contributed by atoms with Crippen LogP contribution in [-0.4, -0.2) is 21.6 Å². The fourth-order valence-electron chi connectivity index (χ4n) is 2.55. The maximum Gasteiger partial charge on any atom is 0.253 e. The van der Waals surface area contributed by atoms with Gasteiger partial charge in [0.25, 0.3) is 5.91 Å². The van der Waals surface area contributed by atoms with Gasteiger partial charge in [-0.25, -0.2) is 9.07 Å². The highest BCUT2D eigenvalue weighted by atomic mass is 19.1. The van der Waals surface area contributed by atoms with Crippen molar-refractivity contribution in [1.82, 2.24) is 20.4 Å². The number of carbonyl (C=O) groups excluding carboxylic acids is 2. The van der Waals surface area contributed by atoms with Gasteiger partial charge in [0.15, 0.2) is 0 Å². The molecule has 0 unspecified atom stereocenters. The van der Waals surface area contributed by atoms with Gasteiger partial charge >= 0.3 is 0 Å². The summed E-state index contributed by atoms with van der Waals surface area (Å²) in [5.74, 6) is -0.693. The topological polar surface area (TPSA) is 76.0 Å². The number of benzene rings is 2. The number of nitrogens with one attached hydrogen (secondary N) is 2. The summed E-state index contributed by atoms with van der Waals surface area (Å²) in [7, 11) is 0. The predicted molar refractivity (Wildman–Crippen MR) is 98.7 cm³/mol. The summed E-state index contributed by atoms with van der Waals surface area (Å²) in [6.45, 7) is 2.11. The highest BCUT2D eigenvalue weighted by molar-refractivity contribution is 5.97. The zero-order chi connectivity index (χ0) is 19.2. The van der Waals surface area contributed by atoms with Crippen LogP contribution in [0.1, 0.15) is 28.4 Å². The van der Waals surface area contributed by atoms with E-state index in [0.717, 1.165) is 11.1 Å². The number of amides is 2. The van der Waals surface area contributed by atoms with Crippen molar-refractivity contribution < 1.29 is 14.0 Å². The molecule has 2 aromatic carbocycles. The fraction of sp³-hybridized carbons (Fsp3) is 0.150. The van der Waals surface area contributed by atoms with E-state index in [1.54, 1.807) is 47.4 Å². The Labute approximate surface area is 156 Å². The average Bonchev–Trinajstić information content (AvgIpc) is 3.14. The Balaban J connectivity index is 1.74. The highest BCUT2D eigenvalue weighted by Gasteiger charge is 2.13. The quantitative estimate of drug-likeness (QED) is 0.704. The predicted octanol–water partition coefficient (Wildman–Crippen LogP) is 2.58. The van der Waals surface area contributed by atoms with E-state index >= 15 is 0 Å². The van der Waals surface area contributed by atoms with Gasteiger partial charge in [0.2, 0.25) is 5.91 Å². The maximum atomic E-state index is 13.0. The number of aromatic nitrogens is 2. The van der Waals surface area contributed by atoms with E-state index in [2.05, 4.69) is 15.7 Å². The van der Waals surface area contributed by atoms with Crippen molar-refractivity contribution in [2.45, 2.75) is 20.0 Å². The monoisotopic (exact) mass is 366 g/mol. The first-order chi connectivity index (χ1) is 13.0. The SMILES string of the molecule is CC(=O)NCc1cnn(-c2ccccc2C(=O)NCc2ccc(F)cc2)c1. The third-order valence-corrected chi connectivity index (χ3v) is 3.94. The Bertz CT molecular complexity index is 951. The summed E-state index contributed by atoms with van der Waals surface area (Å²) in [5, 5.41) is 9.82. The normalized spacial score (nSPS) is 10.4. The van der Waals surface area contributed by atoms with Crippen LogP contribution in [0, 0.1) is 5.82 Å². The molecule has 0 aliphatic rings. The zero-order valence-corrected chi connectivity index (χ0v) is 14.8. The number of rotatable bonds is 6. The summed E-state index contributed by atoms with van der Waals surface area (Å²) < 4.78 is 14.6. The molecule has 7 heteroatoms. The molecule has 0 atom stereocenters. The molecule has 0 radical (unpaired) electrons. The largest absolute Gasteiger partial charge is 0.352 e. The molecule has 0 bridgehead atoms. The lowest BCUT2D eigenvalue weighted by Crippen LogP contribution is -2.24. The molecule has 1 heterocycles. The van der Waals surface area contributed by atoms with E-state index in [1.807, 2.05) is 6.07 Å². The van der Waals surface area contributed by atoms with Crippen molar-refractivity contribution in [2.24, 2.45) is 0 Å². The summed E-state index contributed by atoms with van der Waals surface area (Å²) in [4.78, 5) is 23.7. The van der Waals surface area contributed by atoms with Gasteiger partial charge in [-0.2, -0.15) is 5.10 Å². The van der Waals surface area contributed by atoms with Crippen molar-refractivity contribution in [3.05, 3.63) is 83.4 Å². The minimum Gasteiger partial charge on any atom is -0.352 e. The molecular weight excluding hydrogens is 347 g/mol. The number of nitrogens with zero attached hydrogens (tertiary/aromatic N) is 2. The standard InChI is InChI=1S/C20H19FN4O2/c1-14(26)22-11-16-12-24-25(13-16)19-5-3-2-4-18(19)20(27)23-10-15-6-8-17(21)9-7-15/h2-9,12-13H,10-11H2,1H3,(H,22,26)(H,23,27). The lowest BCUT2D eigenvalue weighted by molar-refractivity contribution is -0.119. The van der Waals surface area contributed by atoms with Crippen molar-refractivity contribution in [2.75, 3.05) is 0 Å². The fourth-order valence-corrected chi connectivity index (χ4v) is 2.55. The molecule has 0 spiro atoms. The van der Waals surface area contributed by atoms with E-state index in [0.29, 0.717) is 24.3 Å². The molecule has 6 nitrogen and oxygen atoms in total. The molecule has 1 aromatic heterocycles. The lowest BCUT2D eigenvalue weighted by atomic mass is 10.1. The molecule has 0 saturated heterocycles. The van der Waals surface area contributed by atoms with Crippen molar-refractivity contribution in [3.8, 4) is 5.69 Å². The van der Waals surface area contributed by atoms with E-state index in [9.17, 15) is 14.0 Å². The van der Waals surface area contributed by atoms with Gasteiger partial charge in [0, 0.05) is 31.8 Å². The van der Waals surface area contributed by atoms with Crippen molar-refractivity contribution >= 4 is 11.8 Å². The molecule has 0 fully saturated rings. The second-order valence-electron chi connectivity index (χ2n) is 6.03. The molecule has 138 valence electrons. The molecule has 3 aromatic rings. The summed E-state index contributed by atoms with van der Waals surface area (Å²) in [6.07, 6.45) is 3.41. The van der Waals surface area contributed by atoms with Gasteiger partial charge in [-0.3, -0.25) is 9.59 Å². The van der Waals surface area contributed by atoms with Crippen LogP contribution in [0.4, 0.5) is 4.39 Å². The average molecular weight is 366 g/mol. The van der Waals surface area contributed by atoms with Gasteiger partial charge in [-0.15, -0.1) is 0 Å². The Morgan fingerprint density at radius 2 is 1.70 bits per heavy atom. The van der Waals surface area contributed by atoms with E-state index in [4.69, 9.17) is 0 Å². The number of halogens is 1. The first-order valence-corrected chi connectivity index (χ1v) is 8.43. The summed E-state index contributed by atoms with van der Waals surface area (Å²) >= 11 is 0. The third kappa shape index (κ3) is 4.78. The van der Waals surface area contributed by atoms with Gasteiger partial charge in [-0.1, -0.05) is 24.3 Å². The van der Waals surface area contributed by atoms with Crippen LogP contribution in [0.3, 0.4) is 0 Å². The number of hydrogen-bond acceptors (Lipinski definition) is 3. The lowest BCUT2D eigenvalue weighted by Gasteiger charge is -2.10. The van der Waals surface area contributed by atoms with Crippen molar-refractivity contribution in [3.63, 3.8) is 0 Å². The third-order valence-electron chi connectivity index (χ3n) is 3.94. The van der Waals surface area contributed by atoms with Crippen LogP contribution >= 0.6 is 0 Å². The van der Waals surface area contributed by atoms with Crippen LogP contribution in [0.2, 0.25) is 0 Å². The molecule has 0 aliphatic heterocycles. The van der Waals surface area contributed by atoms with E-state index in [1.165, 1.54) is 19.1 Å². The number of hydrogen-bond donors (Lipinski definition) is 2.